The van der Waals surface area contributed by atoms with Gasteiger partial charge in [0.2, 0.25) is 5.91 Å². The van der Waals surface area contributed by atoms with E-state index in [1.807, 2.05) is 43.0 Å². The quantitative estimate of drug-likeness (QED) is 0.920. The summed E-state index contributed by atoms with van der Waals surface area (Å²) in [6.07, 6.45) is 2.11. The number of nitrogens with zero attached hydrogens (tertiary/aromatic N) is 1. The Morgan fingerprint density at radius 1 is 1.04 bits per heavy atom. The van der Waals surface area contributed by atoms with E-state index in [9.17, 15) is 9.59 Å². The van der Waals surface area contributed by atoms with Gasteiger partial charge in [-0.25, -0.2) is 0 Å². The van der Waals surface area contributed by atoms with E-state index < -0.39 is 6.04 Å². The van der Waals surface area contributed by atoms with Gasteiger partial charge >= 0.3 is 0 Å². The summed E-state index contributed by atoms with van der Waals surface area (Å²) in [4.78, 5) is 27.1. The molecule has 1 aliphatic heterocycles. The smallest absolute Gasteiger partial charge is 0.251 e. The first-order valence-electron chi connectivity index (χ1n) is 8.90. The molecule has 0 bridgehead atoms. The lowest BCUT2D eigenvalue weighted by Crippen LogP contribution is -2.50. The second-order valence-electron chi connectivity index (χ2n) is 8.05. The van der Waals surface area contributed by atoms with Crippen LogP contribution in [0.15, 0.2) is 24.3 Å². The van der Waals surface area contributed by atoms with Crippen molar-refractivity contribution in [3.8, 4) is 0 Å². The summed E-state index contributed by atoms with van der Waals surface area (Å²) in [5.74, 6) is -0.0697. The number of likely N-dealkylation sites (tertiary alicyclic amines) is 1. The van der Waals surface area contributed by atoms with Crippen molar-refractivity contribution in [2.45, 2.75) is 58.9 Å². The van der Waals surface area contributed by atoms with Crippen LogP contribution in [0.2, 0.25) is 0 Å². The molecule has 24 heavy (non-hydrogen) atoms. The average molecular weight is 330 g/mol. The Kier molecular flexibility index (Phi) is 5.68. The number of rotatable bonds is 4. The standard InChI is InChI=1S/C20H30N2O2/c1-14(2)17(19(24)22-12-6-7-13-22)21-18(23)15-8-10-16(11-9-15)20(3,4)5/h8-11,14,17H,6-7,12-13H2,1-5H3,(H,21,23)/t17-/m0/s1. The maximum absolute atomic E-state index is 12.7. The third-order valence-electron chi connectivity index (χ3n) is 4.65. The highest BCUT2D eigenvalue weighted by atomic mass is 16.2. The molecule has 1 fully saturated rings. The Hall–Kier alpha value is -1.84. The molecular weight excluding hydrogens is 300 g/mol. The Morgan fingerprint density at radius 3 is 2.04 bits per heavy atom. The van der Waals surface area contributed by atoms with Crippen molar-refractivity contribution in [2.24, 2.45) is 5.92 Å². The molecule has 1 N–H and O–H groups in total. The van der Waals surface area contributed by atoms with Gasteiger partial charge in [-0.3, -0.25) is 9.59 Å². The largest absolute Gasteiger partial charge is 0.341 e. The molecule has 0 aliphatic carbocycles. The molecule has 1 heterocycles. The second kappa shape index (κ2) is 7.37. The van der Waals surface area contributed by atoms with Crippen molar-refractivity contribution in [1.29, 1.82) is 0 Å². The lowest BCUT2D eigenvalue weighted by molar-refractivity contribution is -0.133. The second-order valence-corrected chi connectivity index (χ2v) is 8.05. The Morgan fingerprint density at radius 2 is 1.58 bits per heavy atom. The number of carbonyl (C=O) groups is 2. The Bertz CT molecular complexity index is 579. The first-order valence-corrected chi connectivity index (χ1v) is 8.90. The topological polar surface area (TPSA) is 49.4 Å². The van der Waals surface area contributed by atoms with Crippen LogP contribution in [-0.4, -0.2) is 35.8 Å². The van der Waals surface area contributed by atoms with E-state index in [1.54, 1.807) is 0 Å². The average Bonchev–Trinajstić information content (AvgIpc) is 3.05. The van der Waals surface area contributed by atoms with Crippen molar-refractivity contribution < 1.29 is 9.59 Å². The molecule has 0 saturated carbocycles. The zero-order chi connectivity index (χ0) is 17.9. The van der Waals surface area contributed by atoms with E-state index in [0.717, 1.165) is 25.9 Å². The fraction of sp³-hybridized carbons (Fsp3) is 0.600. The fourth-order valence-corrected chi connectivity index (χ4v) is 2.99. The molecule has 0 aromatic heterocycles. The van der Waals surface area contributed by atoms with Crippen LogP contribution in [-0.2, 0) is 10.2 Å². The van der Waals surface area contributed by atoms with E-state index in [-0.39, 0.29) is 23.1 Å². The molecule has 1 atom stereocenters. The predicted octanol–water partition coefficient (Wildman–Crippen LogP) is 3.36. The van der Waals surface area contributed by atoms with Gasteiger partial charge in [0, 0.05) is 18.7 Å². The number of carbonyl (C=O) groups excluding carboxylic acids is 2. The van der Waals surface area contributed by atoms with Crippen LogP contribution in [0.4, 0.5) is 0 Å². The lowest BCUT2D eigenvalue weighted by atomic mass is 9.86. The van der Waals surface area contributed by atoms with Crippen molar-refractivity contribution in [3.05, 3.63) is 35.4 Å². The summed E-state index contributed by atoms with van der Waals surface area (Å²) in [6, 6.07) is 7.20. The molecule has 1 aromatic rings. The van der Waals surface area contributed by atoms with E-state index in [1.165, 1.54) is 5.56 Å². The maximum atomic E-state index is 12.7. The summed E-state index contributed by atoms with van der Waals surface area (Å²) in [5, 5.41) is 2.94. The molecule has 2 rings (SSSR count). The monoisotopic (exact) mass is 330 g/mol. The highest BCUT2D eigenvalue weighted by molar-refractivity contribution is 5.97. The van der Waals surface area contributed by atoms with Gasteiger partial charge in [-0.15, -0.1) is 0 Å². The van der Waals surface area contributed by atoms with E-state index in [2.05, 4.69) is 26.1 Å². The molecule has 132 valence electrons. The Balaban J connectivity index is 2.08. The minimum Gasteiger partial charge on any atom is -0.341 e. The fourth-order valence-electron chi connectivity index (χ4n) is 2.99. The number of nitrogens with one attached hydrogen (secondary N) is 1. The van der Waals surface area contributed by atoms with E-state index in [4.69, 9.17) is 0 Å². The van der Waals surface area contributed by atoms with Crippen LogP contribution < -0.4 is 5.32 Å². The van der Waals surface area contributed by atoms with Gasteiger partial charge in [0.15, 0.2) is 0 Å². The van der Waals surface area contributed by atoms with Gasteiger partial charge in [0.05, 0.1) is 0 Å². The molecule has 0 radical (unpaired) electrons. The van der Waals surface area contributed by atoms with Gasteiger partial charge in [-0.1, -0.05) is 46.8 Å². The summed E-state index contributed by atoms with van der Waals surface area (Å²) in [7, 11) is 0. The van der Waals surface area contributed by atoms with Crippen LogP contribution in [0.3, 0.4) is 0 Å². The molecule has 0 unspecified atom stereocenters. The normalized spacial score (nSPS) is 16.3. The first-order chi connectivity index (χ1) is 11.2. The van der Waals surface area contributed by atoms with Gasteiger partial charge in [-0.2, -0.15) is 0 Å². The predicted molar refractivity (Wildman–Crippen MR) is 97.0 cm³/mol. The molecule has 1 aromatic carbocycles. The van der Waals surface area contributed by atoms with Gasteiger partial charge in [0.1, 0.15) is 6.04 Å². The molecule has 4 nitrogen and oxygen atoms in total. The Labute approximate surface area is 145 Å². The van der Waals surface area contributed by atoms with Crippen LogP contribution >= 0.6 is 0 Å². The number of hydrogen-bond acceptors (Lipinski definition) is 2. The molecule has 0 spiro atoms. The molecule has 1 saturated heterocycles. The van der Waals surface area contributed by atoms with Crippen molar-refractivity contribution in [2.75, 3.05) is 13.1 Å². The third-order valence-corrected chi connectivity index (χ3v) is 4.65. The van der Waals surface area contributed by atoms with Crippen molar-refractivity contribution >= 4 is 11.8 Å². The summed E-state index contributed by atoms with van der Waals surface area (Å²) >= 11 is 0. The molecule has 4 heteroatoms. The maximum Gasteiger partial charge on any atom is 0.251 e. The van der Waals surface area contributed by atoms with Crippen LogP contribution in [0.1, 0.15) is 63.4 Å². The molecule has 2 amide bonds. The van der Waals surface area contributed by atoms with E-state index >= 15 is 0 Å². The van der Waals surface area contributed by atoms with Crippen LogP contribution in [0, 0.1) is 5.92 Å². The number of benzene rings is 1. The SMILES string of the molecule is CC(C)[C@H](NC(=O)c1ccc(C(C)(C)C)cc1)C(=O)N1CCCC1. The van der Waals surface area contributed by atoms with Gasteiger partial charge in [0.25, 0.3) is 5.91 Å². The summed E-state index contributed by atoms with van der Waals surface area (Å²) in [5.41, 5.74) is 1.84. The van der Waals surface area contributed by atoms with Crippen LogP contribution in [0.25, 0.3) is 0 Å². The molecular formula is C20H30N2O2. The minimum absolute atomic E-state index is 0.0437. The van der Waals surface area contributed by atoms with Crippen molar-refractivity contribution in [1.82, 2.24) is 10.2 Å². The van der Waals surface area contributed by atoms with Crippen molar-refractivity contribution in [3.63, 3.8) is 0 Å². The first kappa shape index (κ1) is 18.5. The lowest BCUT2D eigenvalue weighted by Gasteiger charge is -2.26. The zero-order valence-electron chi connectivity index (χ0n) is 15.6. The van der Waals surface area contributed by atoms with Gasteiger partial charge < -0.3 is 10.2 Å². The van der Waals surface area contributed by atoms with E-state index in [0.29, 0.717) is 5.56 Å². The number of hydrogen-bond donors (Lipinski definition) is 1. The third kappa shape index (κ3) is 4.37. The van der Waals surface area contributed by atoms with Crippen LogP contribution in [0.5, 0.6) is 0 Å². The highest BCUT2D eigenvalue weighted by Crippen LogP contribution is 2.22. The number of amides is 2. The zero-order valence-corrected chi connectivity index (χ0v) is 15.6. The summed E-state index contributed by atoms with van der Waals surface area (Å²) in [6.45, 7) is 12.0. The van der Waals surface area contributed by atoms with Gasteiger partial charge in [-0.05, 0) is 41.9 Å². The highest BCUT2D eigenvalue weighted by Gasteiger charge is 2.30. The molecule has 1 aliphatic rings. The minimum atomic E-state index is -0.460. The summed E-state index contributed by atoms with van der Waals surface area (Å²) < 4.78 is 0.